The fraction of sp³-hybridized carbons (Fsp3) is 0.193. The Labute approximate surface area is 709 Å². The maximum absolute atomic E-state index is 6.45. The molecular weight excluding hydrogens is 1460 g/mol. The minimum Gasteiger partial charge on any atom is -0.453 e. The summed E-state index contributed by atoms with van der Waals surface area (Å²) in [4.78, 5) is 9.52. The summed E-state index contributed by atoms with van der Waals surface area (Å²) in [7, 11) is 0. The number of unbranched alkanes of at least 4 members (excludes halogenated alkanes) is 2. The van der Waals surface area contributed by atoms with Crippen LogP contribution in [0, 0.1) is 55.4 Å². The first-order chi connectivity index (χ1) is 58.6. The van der Waals surface area contributed by atoms with Crippen molar-refractivity contribution in [2.45, 2.75) is 145 Å². The van der Waals surface area contributed by atoms with Crippen molar-refractivity contribution < 1.29 is 4.74 Å². The molecule has 120 heavy (non-hydrogen) atoms. The summed E-state index contributed by atoms with van der Waals surface area (Å²) >= 11 is 0. The molecular formula is C114H105N5O. The van der Waals surface area contributed by atoms with E-state index in [4.69, 9.17) is 4.74 Å². The Morgan fingerprint density at radius 2 is 0.650 bits per heavy atom. The van der Waals surface area contributed by atoms with Crippen LogP contribution in [0.25, 0.3) is 44.1 Å². The lowest BCUT2D eigenvalue weighted by Gasteiger charge is -2.34. The van der Waals surface area contributed by atoms with E-state index in [1.807, 2.05) is 6.08 Å². The average molecular weight is 1560 g/mol. The molecule has 5 aliphatic carbocycles. The summed E-state index contributed by atoms with van der Waals surface area (Å²) in [6.45, 7) is 22.0. The van der Waals surface area contributed by atoms with Gasteiger partial charge in [0.25, 0.3) is 0 Å². The number of benzene rings is 15. The van der Waals surface area contributed by atoms with Crippen LogP contribution in [-0.2, 0) is 70.8 Å². The summed E-state index contributed by atoms with van der Waals surface area (Å²) in [5.41, 5.74) is 47.0. The monoisotopic (exact) mass is 1560 g/mol. The van der Waals surface area contributed by atoms with Crippen LogP contribution in [0.5, 0.6) is 11.5 Å². The highest BCUT2D eigenvalue weighted by molar-refractivity contribution is 6.08. The zero-order chi connectivity index (χ0) is 81.6. The summed E-state index contributed by atoms with van der Waals surface area (Å²) in [6.07, 6.45) is 17.4. The van der Waals surface area contributed by atoms with Crippen molar-refractivity contribution in [3.8, 4) is 33.8 Å². The minimum atomic E-state index is 0.900. The number of hydrogen-bond acceptors (Lipinski definition) is 5. The molecule has 0 amide bonds. The highest BCUT2D eigenvalue weighted by atomic mass is 16.5. The number of aromatic nitrogens is 1. The Bertz CT molecular complexity index is 6330. The van der Waals surface area contributed by atoms with E-state index in [-0.39, 0.29) is 0 Å². The van der Waals surface area contributed by atoms with Gasteiger partial charge >= 0.3 is 0 Å². The van der Waals surface area contributed by atoms with Gasteiger partial charge in [0, 0.05) is 85.2 Å². The maximum atomic E-state index is 6.45. The molecule has 22 rings (SSSR count). The Balaban J connectivity index is 0.000000109. The van der Waals surface area contributed by atoms with Gasteiger partial charge in [-0.15, -0.1) is 6.58 Å². The Morgan fingerprint density at radius 3 is 1.03 bits per heavy atom. The highest BCUT2D eigenvalue weighted by Gasteiger charge is 2.30. The standard InChI is InChI=1S/C36H32N2.C36H29NO.C22H21N.C20H23N/c1-25-6-14-30(15-7-25)37(34-18-12-27-10-11-29(27)24-34)31-19-21-33(22-20-31)38(32-16-8-26(2)9-17-32)36-5-3-4-28-13-23-35(28)36;1-22-3-13-33-35(15-22)38-36-16-23(2)4-14-34(36)37(33)32-20-30(28-11-7-24-5-9-26(24)17-28)19-31(21-32)29-12-8-25-6-10-27(25)18-29;1-16-3-10-20(11-4-16)23(21-12-5-17(2)6-13-21)22-14-9-18-7-8-19(18)15-22;1-4-5-6-7-12-21-19-10-8-15(2)13-17(19)18-14-16(3)9-11-20(18)21/h3-9,12,14-22,24H,10-11,13,23H2,1-2H3;3-4,7-8,11-21H,5-6,9-10H2,1-2H3;3-6,9-15H,7-8H2,1-2H3;4,8-11,13-14H,1,5-7,12H2,2-3H3. The predicted molar refractivity (Wildman–Crippen MR) is 507 cm³/mol. The number of allylic oxidation sites excluding steroid dienone is 1. The third kappa shape index (κ3) is 15.5. The first-order valence-electron chi connectivity index (χ1n) is 43.4. The third-order valence-corrected chi connectivity index (χ3v) is 25.6. The fourth-order valence-corrected chi connectivity index (χ4v) is 18.2. The van der Waals surface area contributed by atoms with E-state index in [0.717, 1.165) is 47.9 Å². The van der Waals surface area contributed by atoms with Crippen LogP contribution in [0.1, 0.15) is 119 Å². The largest absolute Gasteiger partial charge is 0.453 e. The molecule has 1 aromatic heterocycles. The van der Waals surface area contributed by atoms with E-state index in [2.05, 4.69) is 389 Å². The Hall–Kier alpha value is -13.2. The van der Waals surface area contributed by atoms with Gasteiger partial charge in [0.15, 0.2) is 11.5 Å². The lowest BCUT2D eigenvalue weighted by Crippen LogP contribution is -2.18. The van der Waals surface area contributed by atoms with Crippen LogP contribution in [0.3, 0.4) is 0 Å². The van der Waals surface area contributed by atoms with Crippen LogP contribution in [0.15, 0.2) is 316 Å². The molecule has 0 spiro atoms. The van der Waals surface area contributed by atoms with Crippen molar-refractivity contribution in [3.05, 3.63) is 416 Å². The number of rotatable bonds is 17. The van der Waals surface area contributed by atoms with Gasteiger partial charge in [-0.2, -0.15) is 0 Å². The molecule has 0 saturated heterocycles. The van der Waals surface area contributed by atoms with Crippen molar-refractivity contribution in [2.24, 2.45) is 0 Å². The highest BCUT2D eigenvalue weighted by Crippen LogP contribution is 2.53. The van der Waals surface area contributed by atoms with Crippen LogP contribution in [0.2, 0.25) is 0 Å². The van der Waals surface area contributed by atoms with Crippen LogP contribution in [0.4, 0.5) is 68.2 Å². The molecule has 0 N–H and O–H groups in total. The SMILES string of the molecule is C=CCCCCn1c2ccc(C)cc2c2cc(C)ccc21.Cc1ccc(N(c2ccc(C)cc2)c2ccc3c(c2)CC3)cc1.Cc1ccc(N(c2ccc(N(c3ccc(C)cc3)c3cccc4c3CC4)cc2)c2ccc3c(c2)CC3)cc1.Cc1ccc2c(c1)Oc1cc(C)ccc1N2c1cc(-c2ccc3c(c2)CC3)cc(-c2ccc3c(c2)CC3)c1. The number of aryl methyl sites for hydroxylation is 18. The topological polar surface area (TPSA) is 27.1 Å². The molecule has 0 radical (unpaired) electrons. The number of fused-ring (bicyclic) bond motifs is 10. The summed E-state index contributed by atoms with van der Waals surface area (Å²) < 4.78 is 8.93. The number of hydrogen-bond donors (Lipinski definition) is 0. The van der Waals surface area contributed by atoms with Crippen LogP contribution < -0.4 is 24.3 Å². The maximum Gasteiger partial charge on any atom is 0.151 e. The first kappa shape index (κ1) is 76.8. The molecule has 0 bridgehead atoms. The van der Waals surface area contributed by atoms with E-state index >= 15 is 0 Å². The molecule has 6 heteroatoms. The molecule has 1 aliphatic heterocycles. The molecule has 2 heterocycles. The Morgan fingerprint density at radius 1 is 0.292 bits per heavy atom. The summed E-state index contributed by atoms with van der Waals surface area (Å²) in [6, 6.07) is 113. The molecule has 6 aliphatic rings. The van der Waals surface area contributed by atoms with Crippen LogP contribution >= 0.6 is 0 Å². The average Bonchev–Trinajstić information content (AvgIpc) is 0.951. The van der Waals surface area contributed by atoms with Crippen molar-refractivity contribution in [1.29, 1.82) is 0 Å². The van der Waals surface area contributed by atoms with E-state index < -0.39 is 0 Å². The van der Waals surface area contributed by atoms with Gasteiger partial charge in [-0.1, -0.05) is 173 Å². The fourth-order valence-electron chi connectivity index (χ4n) is 18.2. The molecule has 15 aromatic carbocycles. The summed E-state index contributed by atoms with van der Waals surface area (Å²) in [5.74, 6) is 1.80. The third-order valence-electron chi connectivity index (χ3n) is 25.6. The Kier molecular flexibility index (Phi) is 21.1. The number of ether oxygens (including phenoxy) is 1. The second-order valence-electron chi connectivity index (χ2n) is 34.3. The zero-order valence-corrected chi connectivity index (χ0v) is 70.7. The second-order valence-corrected chi connectivity index (χ2v) is 34.3. The molecule has 0 saturated carbocycles. The van der Waals surface area contributed by atoms with Crippen LogP contribution in [-0.4, -0.2) is 4.57 Å². The molecule has 592 valence electrons. The quantitative estimate of drug-likeness (QED) is 0.0669. The van der Waals surface area contributed by atoms with Crippen molar-refractivity contribution in [2.75, 3.05) is 19.6 Å². The van der Waals surface area contributed by atoms with E-state index in [0.29, 0.717) is 0 Å². The lowest BCUT2D eigenvalue weighted by atomic mass is 9.84. The van der Waals surface area contributed by atoms with Gasteiger partial charge in [0.2, 0.25) is 0 Å². The molecule has 0 unspecified atom stereocenters. The number of anilines is 12. The van der Waals surface area contributed by atoms with E-state index in [1.54, 1.807) is 0 Å². The molecule has 0 atom stereocenters. The van der Waals surface area contributed by atoms with E-state index in [9.17, 15) is 0 Å². The summed E-state index contributed by atoms with van der Waals surface area (Å²) in [5, 5.41) is 2.77. The van der Waals surface area contributed by atoms with Gasteiger partial charge in [0.1, 0.15) is 0 Å². The molecule has 16 aromatic rings. The minimum absolute atomic E-state index is 0.900. The van der Waals surface area contributed by atoms with Crippen molar-refractivity contribution >= 4 is 90.1 Å². The van der Waals surface area contributed by atoms with Gasteiger partial charge in [-0.05, 0) is 398 Å². The normalized spacial score (nSPS) is 13.1. The van der Waals surface area contributed by atoms with Gasteiger partial charge in [-0.3, -0.25) is 0 Å². The molecule has 0 fully saturated rings. The van der Waals surface area contributed by atoms with Gasteiger partial charge < -0.3 is 28.9 Å². The first-order valence-corrected chi connectivity index (χ1v) is 43.4. The molecule has 6 nitrogen and oxygen atoms in total. The van der Waals surface area contributed by atoms with Crippen molar-refractivity contribution in [3.63, 3.8) is 0 Å². The lowest BCUT2D eigenvalue weighted by molar-refractivity contribution is 0.476. The number of nitrogens with zero attached hydrogens (tertiary/aromatic N) is 5. The second kappa shape index (κ2) is 33.0. The smallest absolute Gasteiger partial charge is 0.151 e. The van der Waals surface area contributed by atoms with Gasteiger partial charge in [-0.25, -0.2) is 0 Å². The predicted octanol–water partition coefficient (Wildman–Crippen LogP) is 30.5. The van der Waals surface area contributed by atoms with Gasteiger partial charge in [0.05, 0.1) is 11.4 Å². The van der Waals surface area contributed by atoms with E-state index in [1.165, 1.54) is 266 Å². The zero-order valence-electron chi connectivity index (χ0n) is 70.7. The van der Waals surface area contributed by atoms with Crippen molar-refractivity contribution in [1.82, 2.24) is 4.57 Å².